The monoisotopic (exact) mass is 388 g/mol. The van der Waals surface area contributed by atoms with Gasteiger partial charge in [0.05, 0.1) is 12.1 Å². The van der Waals surface area contributed by atoms with E-state index in [9.17, 15) is 4.79 Å². The molecule has 2 N–H and O–H groups in total. The van der Waals surface area contributed by atoms with Crippen LogP contribution in [0, 0.1) is 11.8 Å². The Morgan fingerprint density at radius 1 is 1.36 bits per heavy atom. The first-order valence-electron chi connectivity index (χ1n) is 10.4. The predicted octanol–water partition coefficient (Wildman–Crippen LogP) is 3.37. The summed E-state index contributed by atoms with van der Waals surface area (Å²) < 4.78 is 0. The zero-order valence-electron chi connectivity index (χ0n) is 17.9. The molecule has 0 spiro atoms. The average Bonchev–Trinajstić information content (AvgIpc) is 2.98. The Bertz CT molecular complexity index is 649. The number of rotatable bonds is 10. The van der Waals surface area contributed by atoms with Crippen LogP contribution in [0.15, 0.2) is 41.1 Å². The smallest absolute Gasteiger partial charge is 0.267 e. The van der Waals surface area contributed by atoms with Crippen molar-refractivity contribution >= 4 is 11.7 Å². The molecule has 2 aliphatic heterocycles. The number of nitrogens with zero attached hydrogens (tertiary/aromatic N) is 3. The number of carbonyl (C=O) groups is 1. The molecule has 6 heteroatoms. The molecule has 0 saturated heterocycles. The van der Waals surface area contributed by atoms with Gasteiger partial charge in [0.25, 0.3) is 5.91 Å². The van der Waals surface area contributed by atoms with Gasteiger partial charge in [-0.2, -0.15) is 0 Å². The Hall–Kier alpha value is -1.92. The molecule has 0 saturated carbocycles. The van der Waals surface area contributed by atoms with Crippen molar-refractivity contribution in [1.82, 2.24) is 15.3 Å². The fourth-order valence-corrected chi connectivity index (χ4v) is 3.64. The van der Waals surface area contributed by atoms with Crippen LogP contribution in [0.25, 0.3) is 0 Å². The van der Waals surface area contributed by atoms with Gasteiger partial charge in [-0.15, -0.1) is 0 Å². The summed E-state index contributed by atoms with van der Waals surface area (Å²) in [6.07, 6.45) is 11.4. The Labute approximate surface area is 169 Å². The number of hydrogen-bond donors (Lipinski definition) is 2. The minimum atomic E-state index is -0.538. The Kier molecular flexibility index (Phi) is 8.45. The van der Waals surface area contributed by atoms with Crippen LogP contribution in [0.2, 0.25) is 0 Å². The normalized spacial score (nSPS) is 21.7. The summed E-state index contributed by atoms with van der Waals surface area (Å²) in [5.41, 5.74) is 2.51. The lowest BCUT2D eigenvalue weighted by Gasteiger charge is -2.34. The predicted molar refractivity (Wildman–Crippen MR) is 114 cm³/mol. The maximum Gasteiger partial charge on any atom is 0.267 e. The van der Waals surface area contributed by atoms with Crippen LogP contribution in [0.3, 0.4) is 0 Å². The number of fused-ring (bicyclic) bond motifs is 1. The SMILES string of the molecule is CCN(CCC(C)C)CC1C(CC(C)C)N=C2C=C(/C=C/C(=O)NO)C=CN21. The van der Waals surface area contributed by atoms with Crippen molar-refractivity contribution in [3.63, 3.8) is 0 Å². The lowest BCUT2D eigenvalue weighted by atomic mass is 9.97. The van der Waals surface area contributed by atoms with Gasteiger partial charge in [-0.3, -0.25) is 15.0 Å². The number of amidine groups is 1. The number of likely N-dealkylation sites (N-methyl/N-ethyl adjacent to an activating group) is 1. The summed E-state index contributed by atoms with van der Waals surface area (Å²) in [6.45, 7) is 14.4. The third-order valence-electron chi connectivity index (χ3n) is 5.25. The van der Waals surface area contributed by atoms with Gasteiger partial charge >= 0.3 is 0 Å². The van der Waals surface area contributed by atoms with E-state index in [4.69, 9.17) is 10.2 Å². The van der Waals surface area contributed by atoms with E-state index in [0.29, 0.717) is 17.9 Å². The molecule has 0 aromatic carbocycles. The largest absolute Gasteiger partial charge is 0.327 e. The summed E-state index contributed by atoms with van der Waals surface area (Å²) in [6, 6.07) is 0.608. The number of carbonyl (C=O) groups excluding carboxylic acids is 1. The Balaban J connectivity index is 2.14. The molecule has 2 heterocycles. The zero-order valence-corrected chi connectivity index (χ0v) is 17.9. The fourth-order valence-electron chi connectivity index (χ4n) is 3.64. The van der Waals surface area contributed by atoms with Crippen molar-refractivity contribution in [2.45, 2.75) is 59.5 Å². The van der Waals surface area contributed by atoms with E-state index in [0.717, 1.165) is 37.5 Å². The van der Waals surface area contributed by atoms with E-state index >= 15 is 0 Å². The molecular weight excluding hydrogens is 352 g/mol. The minimum Gasteiger partial charge on any atom is -0.327 e. The lowest BCUT2D eigenvalue weighted by molar-refractivity contribution is -0.124. The number of nitrogens with one attached hydrogen (secondary N) is 1. The molecule has 0 bridgehead atoms. The van der Waals surface area contributed by atoms with Gasteiger partial charge in [-0.05, 0) is 61.6 Å². The molecule has 2 rings (SSSR count). The van der Waals surface area contributed by atoms with Gasteiger partial charge < -0.3 is 9.80 Å². The number of allylic oxidation sites excluding steroid dienone is 3. The van der Waals surface area contributed by atoms with E-state index in [1.807, 2.05) is 12.2 Å². The highest BCUT2D eigenvalue weighted by Crippen LogP contribution is 2.28. The third-order valence-corrected chi connectivity index (χ3v) is 5.25. The molecule has 0 radical (unpaired) electrons. The molecule has 0 fully saturated rings. The highest BCUT2D eigenvalue weighted by molar-refractivity contribution is 5.98. The summed E-state index contributed by atoms with van der Waals surface area (Å²) in [4.78, 5) is 21.1. The van der Waals surface area contributed by atoms with E-state index in [1.54, 1.807) is 11.6 Å². The molecule has 2 aliphatic rings. The average molecular weight is 389 g/mol. The molecule has 6 nitrogen and oxygen atoms in total. The first kappa shape index (κ1) is 22.4. The summed E-state index contributed by atoms with van der Waals surface area (Å²) >= 11 is 0. The Morgan fingerprint density at radius 2 is 2.11 bits per heavy atom. The summed E-state index contributed by atoms with van der Waals surface area (Å²) in [5, 5.41) is 8.63. The van der Waals surface area contributed by atoms with Gasteiger partial charge in [0.2, 0.25) is 0 Å². The molecule has 28 heavy (non-hydrogen) atoms. The van der Waals surface area contributed by atoms with Gasteiger partial charge in [0, 0.05) is 18.8 Å². The van der Waals surface area contributed by atoms with Crippen LogP contribution in [0.5, 0.6) is 0 Å². The number of aliphatic imine (C=N–C) groups is 1. The number of hydrogen-bond acceptors (Lipinski definition) is 5. The second-order valence-electron chi connectivity index (χ2n) is 8.50. The molecule has 2 unspecified atom stereocenters. The third kappa shape index (κ3) is 6.31. The first-order chi connectivity index (χ1) is 13.3. The van der Waals surface area contributed by atoms with Crippen LogP contribution in [0.1, 0.15) is 47.5 Å². The van der Waals surface area contributed by atoms with Gasteiger partial charge in [-0.25, -0.2) is 5.48 Å². The van der Waals surface area contributed by atoms with E-state index in [1.165, 1.54) is 12.5 Å². The quantitative estimate of drug-likeness (QED) is 0.342. The van der Waals surface area contributed by atoms with Crippen molar-refractivity contribution in [2.24, 2.45) is 16.8 Å². The molecule has 0 aliphatic carbocycles. The van der Waals surface area contributed by atoms with Crippen molar-refractivity contribution in [3.05, 3.63) is 36.1 Å². The van der Waals surface area contributed by atoms with Crippen molar-refractivity contribution in [3.8, 4) is 0 Å². The maximum absolute atomic E-state index is 11.2. The van der Waals surface area contributed by atoms with Gasteiger partial charge in [0.15, 0.2) is 0 Å². The summed E-state index contributed by atoms with van der Waals surface area (Å²) in [5.74, 6) is 1.72. The molecule has 0 aromatic heterocycles. The highest BCUT2D eigenvalue weighted by Gasteiger charge is 2.36. The molecular formula is C22H36N4O2. The molecule has 2 atom stereocenters. The first-order valence-corrected chi connectivity index (χ1v) is 10.4. The van der Waals surface area contributed by atoms with Crippen LogP contribution in [-0.2, 0) is 4.79 Å². The maximum atomic E-state index is 11.2. The topological polar surface area (TPSA) is 68.2 Å². The highest BCUT2D eigenvalue weighted by atomic mass is 16.5. The number of amides is 1. The zero-order chi connectivity index (χ0) is 20.7. The fraction of sp³-hybridized carbons (Fsp3) is 0.636. The molecule has 0 aromatic rings. The standard InChI is InChI=1S/C22H36N4O2/c1-6-25(11-9-16(2)3)15-20-19(13-17(4)5)23-21-14-18(10-12-26(20)21)7-8-22(27)24-28/h7-8,10,12,14,16-17,19-20,28H,6,9,11,13,15H2,1-5H3,(H,24,27)/b8-7+. The second kappa shape index (κ2) is 10.6. The second-order valence-corrected chi connectivity index (χ2v) is 8.50. The van der Waals surface area contributed by atoms with E-state index < -0.39 is 5.91 Å². The van der Waals surface area contributed by atoms with Crippen LogP contribution >= 0.6 is 0 Å². The lowest BCUT2D eigenvalue weighted by Crippen LogP contribution is -2.46. The van der Waals surface area contributed by atoms with Crippen LogP contribution < -0.4 is 5.48 Å². The summed E-state index contributed by atoms with van der Waals surface area (Å²) in [7, 11) is 0. The van der Waals surface area contributed by atoms with E-state index in [2.05, 4.69) is 50.6 Å². The van der Waals surface area contributed by atoms with Gasteiger partial charge in [-0.1, -0.05) is 34.6 Å². The van der Waals surface area contributed by atoms with Crippen LogP contribution in [-0.4, -0.2) is 58.5 Å². The van der Waals surface area contributed by atoms with Crippen molar-refractivity contribution in [2.75, 3.05) is 19.6 Å². The number of hydroxylamine groups is 1. The molecule has 1 amide bonds. The van der Waals surface area contributed by atoms with Crippen molar-refractivity contribution < 1.29 is 10.0 Å². The van der Waals surface area contributed by atoms with Gasteiger partial charge in [0.1, 0.15) is 5.84 Å². The Morgan fingerprint density at radius 3 is 2.71 bits per heavy atom. The minimum absolute atomic E-state index is 0.271. The van der Waals surface area contributed by atoms with Crippen molar-refractivity contribution in [1.29, 1.82) is 0 Å². The van der Waals surface area contributed by atoms with E-state index in [-0.39, 0.29) is 6.04 Å². The molecule has 156 valence electrons. The van der Waals surface area contributed by atoms with Crippen LogP contribution in [0.4, 0.5) is 0 Å².